The highest BCUT2D eigenvalue weighted by atomic mass is 79.9. The van der Waals surface area contributed by atoms with Crippen molar-refractivity contribution < 1.29 is 19.2 Å². The Morgan fingerprint density at radius 2 is 2.00 bits per heavy atom. The molecular weight excluding hydrogens is 394 g/mol. The Balaban J connectivity index is 1.97. The van der Waals surface area contributed by atoms with Gasteiger partial charge in [-0.15, -0.1) is 0 Å². The molecule has 0 bridgehead atoms. The van der Waals surface area contributed by atoms with Gasteiger partial charge in [0.2, 0.25) is 0 Å². The van der Waals surface area contributed by atoms with E-state index in [1.54, 1.807) is 18.2 Å². The van der Waals surface area contributed by atoms with Crippen molar-refractivity contribution in [1.29, 1.82) is 0 Å². The van der Waals surface area contributed by atoms with Crippen LogP contribution >= 0.6 is 15.9 Å². The lowest BCUT2D eigenvalue weighted by molar-refractivity contribution is -0.383. The smallest absolute Gasteiger partial charge is 0.338 e. The molecule has 0 heterocycles. The van der Waals surface area contributed by atoms with Crippen LogP contribution in [0.2, 0.25) is 0 Å². The van der Waals surface area contributed by atoms with Gasteiger partial charge in [-0.1, -0.05) is 15.9 Å². The van der Waals surface area contributed by atoms with Crippen LogP contribution in [0.5, 0.6) is 0 Å². The molecule has 2 aromatic carbocycles. The Morgan fingerprint density at radius 1 is 1.28 bits per heavy atom. The Bertz CT molecular complexity index is 854. The standard InChI is InChI=1S/C16H14BrN3O5/c1-9-6-11(3-4-12(9)17)19-15(21)8-25-16(22)10-2-5-13(18)14(7-10)20(23)24/h2-7H,8,18H2,1H3,(H,19,21). The van der Waals surface area contributed by atoms with E-state index in [1.165, 1.54) is 12.1 Å². The van der Waals surface area contributed by atoms with Crippen LogP contribution in [-0.4, -0.2) is 23.4 Å². The number of hydrogen-bond acceptors (Lipinski definition) is 6. The zero-order chi connectivity index (χ0) is 18.6. The molecule has 0 atom stereocenters. The summed E-state index contributed by atoms with van der Waals surface area (Å²) in [5, 5.41) is 13.4. The van der Waals surface area contributed by atoms with Crippen LogP contribution in [-0.2, 0) is 9.53 Å². The van der Waals surface area contributed by atoms with Crippen molar-refractivity contribution in [2.24, 2.45) is 0 Å². The molecule has 8 nitrogen and oxygen atoms in total. The van der Waals surface area contributed by atoms with Crippen LogP contribution < -0.4 is 11.1 Å². The number of rotatable bonds is 5. The molecular formula is C16H14BrN3O5. The van der Waals surface area contributed by atoms with Crippen molar-refractivity contribution in [3.05, 3.63) is 62.1 Å². The van der Waals surface area contributed by atoms with Gasteiger partial charge in [0.15, 0.2) is 6.61 Å². The highest BCUT2D eigenvalue weighted by molar-refractivity contribution is 9.10. The van der Waals surface area contributed by atoms with Crippen LogP contribution in [0, 0.1) is 17.0 Å². The molecule has 0 aromatic heterocycles. The van der Waals surface area contributed by atoms with Crippen LogP contribution in [0.1, 0.15) is 15.9 Å². The summed E-state index contributed by atoms with van der Waals surface area (Å²) >= 11 is 3.35. The number of nitrogens with two attached hydrogens (primary N) is 1. The summed E-state index contributed by atoms with van der Waals surface area (Å²) in [7, 11) is 0. The first-order valence-corrected chi connectivity index (χ1v) is 7.84. The molecule has 0 radical (unpaired) electrons. The second kappa shape index (κ2) is 7.75. The van der Waals surface area contributed by atoms with E-state index in [-0.39, 0.29) is 11.3 Å². The van der Waals surface area contributed by atoms with Crippen LogP contribution in [0.4, 0.5) is 17.1 Å². The third-order valence-electron chi connectivity index (χ3n) is 3.24. The minimum absolute atomic E-state index is 0.0619. The number of nitro benzene ring substituents is 1. The van der Waals surface area contributed by atoms with E-state index in [4.69, 9.17) is 10.5 Å². The lowest BCUT2D eigenvalue weighted by atomic mass is 10.2. The minimum atomic E-state index is -0.856. The molecule has 0 aliphatic heterocycles. The average Bonchev–Trinajstić information content (AvgIpc) is 2.56. The molecule has 0 unspecified atom stereocenters. The van der Waals surface area contributed by atoms with Gasteiger partial charge in [-0.05, 0) is 42.8 Å². The highest BCUT2D eigenvalue weighted by Crippen LogP contribution is 2.23. The second-order valence-electron chi connectivity index (χ2n) is 5.12. The zero-order valence-corrected chi connectivity index (χ0v) is 14.7. The van der Waals surface area contributed by atoms with Crippen molar-refractivity contribution in [2.75, 3.05) is 17.7 Å². The summed E-state index contributed by atoms with van der Waals surface area (Å²) in [5.74, 6) is -1.38. The number of amides is 1. The van der Waals surface area contributed by atoms with Gasteiger partial charge in [0.25, 0.3) is 11.6 Å². The molecule has 0 saturated carbocycles. The molecule has 0 aliphatic carbocycles. The Morgan fingerprint density at radius 3 is 2.64 bits per heavy atom. The summed E-state index contributed by atoms with van der Waals surface area (Å²) in [6, 6.07) is 8.77. The zero-order valence-electron chi connectivity index (χ0n) is 13.1. The van der Waals surface area contributed by atoms with Crippen LogP contribution in [0.15, 0.2) is 40.9 Å². The van der Waals surface area contributed by atoms with Gasteiger partial charge in [-0.2, -0.15) is 0 Å². The van der Waals surface area contributed by atoms with E-state index in [9.17, 15) is 19.7 Å². The fourth-order valence-electron chi connectivity index (χ4n) is 1.96. The SMILES string of the molecule is Cc1cc(NC(=O)COC(=O)c2ccc(N)c([N+](=O)[O-])c2)ccc1Br. The first-order valence-electron chi connectivity index (χ1n) is 7.05. The van der Waals surface area contributed by atoms with E-state index in [2.05, 4.69) is 21.2 Å². The fraction of sp³-hybridized carbons (Fsp3) is 0.125. The molecule has 2 rings (SSSR count). The van der Waals surface area contributed by atoms with Crippen molar-refractivity contribution >= 4 is 44.9 Å². The molecule has 130 valence electrons. The molecule has 25 heavy (non-hydrogen) atoms. The number of esters is 1. The third kappa shape index (κ3) is 4.77. The predicted molar refractivity (Wildman–Crippen MR) is 95.3 cm³/mol. The number of nitro groups is 1. The number of carbonyl (C=O) groups is 2. The quantitative estimate of drug-likeness (QED) is 0.339. The maximum Gasteiger partial charge on any atom is 0.338 e. The molecule has 0 spiro atoms. The second-order valence-corrected chi connectivity index (χ2v) is 5.97. The lowest BCUT2D eigenvalue weighted by Gasteiger charge is -2.08. The number of ether oxygens (including phenoxy) is 1. The third-order valence-corrected chi connectivity index (χ3v) is 4.13. The van der Waals surface area contributed by atoms with Gasteiger partial charge < -0.3 is 15.8 Å². The normalized spacial score (nSPS) is 10.2. The topological polar surface area (TPSA) is 125 Å². The highest BCUT2D eigenvalue weighted by Gasteiger charge is 2.17. The van der Waals surface area contributed by atoms with Gasteiger partial charge in [-0.25, -0.2) is 4.79 Å². The lowest BCUT2D eigenvalue weighted by Crippen LogP contribution is -2.21. The summed E-state index contributed by atoms with van der Waals surface area (Å²) in [6.45, 7) is 1.35. The van der Waals surface area contributed by atoms with E-state index in [0.717, 1.165) is 16.1 Å². The molecule has 9 heteroatoms. The number of nitrogens with one attached hydrogen (secondary N) is 1. The van der Waals surface area contributed by atoms with E-state index in [0.29, 0.717) is 5.69 Å². The Labute approximate surface area is 151 Å². The number of nitrogen functional groups attached to an aromatic ring is 1. The summed E-state index contributed by atoms with van der Waals surface area (Å²) in [4.78, 5) is 33.9. The molecule has 3 N–H and O–H groups in total. The van der Waals surface area contributed by atoms with Crippen molar-refractivity contribution in [1.82, 2.24) is 0 Å². The maximum absolute atomic E-state index is 11.9. The number of carbonyl (C=O) groups excluding carboxylic acids is 2. The number of hydrogen-bond donors (Lipinski definition) is 2. The van der Waals surface area contributed by atoms with Crippen LogP contribution in [0.25, 0.3) is 0 Å². The molecule has 2 aromatic rings. The molecule has 0 fully saturated rings. The number of benzene rings is 2. The fourth-order valence-corrected chi connectivity index (χ4v) is 2.21. The summed E-state index contributed by atoms with van der Waals surface area (Å²) in [5.41, 5.74) is 6.43. The first kappa shape index (κ1) is 18.4. The minimum Gasteiger partial charge on any atom is -0.452 e. The largest absolute Gasteiger partial charge is 0.452 e. The van der Waals surface area contributed by atoms with Gasteiger partial charge in [0.05, 0.1) is 10.5 Å². The van der Waals surface area contributed by atoms with Gasteiger partial charge in [-0.3, -0.25) is 14.9 Å². The number of aryl methyl sites for hydroxylation is 1. The van der Waals surface area contributed by atoms with Gasteiger partial charge in [0, 0.05) is 16.2 Å². The van der Waals surface area contributed by atoms with Crippen molar-refractivity contribution in [3.8, 4) is 0 Å². The Hall–Kier alpha value is -2.94. The maximum atomic E-state index is 11.9. The number of nitrogens with zero attached hydrogens (tertiary/aromatic N) is 1. The molecule has 0 saturated heterocycles. The van der Waals surface area contributed by atoms with E-state index < -0.39 is 29.1 Å². The van der Waals surface area contributed by atoms with Gasteiger partial charge in [0.1, 0.15) is 5.69 Å². The van der Waals surface area contributed by atoms with E-state index >= 15 is 0 Å². The van der Waals surface area contributed by atoms with E-state index in [1.807, 2.05) is 6.92 Å². The number of halogens is 1. The molecule has 0 aliphatic rings. The summed E-state index contributed by atoms with van der Waals surface area (Å²) < 4.78 is 5.77. The predicted octanol–water partition coefficient (Wildman–Crippen LogP) is 3.04. The van der Waals surface area contributed by atoms with Crippen LogP contribution in [0.3, 0.4) is 0 Å². The van der Waals surface area contributed by atoms with Gasteiger partial charge >= 0.3 is 5.97 Å². The van der Waals surface area contributed by atoms with Crippen molar-refractivity contribution in [2.45, 2.75) is 6.92 Å². The first-order chi connectivity index (χ1) is 11.8. The summed E-state index contributed by atoms with van der Waals surface area (Å²) in [6.07, 6.45) is 0. The average molecular weight is 408 g/mol. The number of anilines is 2. The monoisotopic (exact) mass is 407 g/mol. The van der Waals surface area contributed by atoms with Crippen molar-refractivity contribution in [3.63, 3.8) is 0 Å². The Kier molecular flexibility index (Phi) is 5.71. The molecule has 1 amide bonds.